The van der Waals surface area contributed by atoms with Crippen LogP contribution >= 0.6 is 40.2 Å². The average molecular weight is 916 g/mol. The first-order valence-electron chi connectivity index (χ1n) is 19.5. The van der Waals surface area contributed by atoms with Crippen LogP contribution in [0.3, 0.4) is 0 Å². The molecular formula is C48H46Cl4O2SiZr. The first-order valence-corrected chi connectivity index (χ1v) is 35.6. The van der Waals surface area contributed by atoms with Crippen molar-refractivity contribution in [3.05, 3.63) is 163 Å². The van der Waals surface area contributed by atoms with E-state index in [0.29, 0.717) is 10.0 Å². The molecule has 2 unspecified atom stereocenters. The second kappa shape index (κ2) is 14.8. The third-order valence-corrected chi connectivity index (χ3v) is 59.5. The third kappa shape index (κ3) is 6.11. The van der Waals surface area contributed by atoms with E-state index < -0.39 is 20.4 Å². The molecule has 2 aliphatic carbocycles. The van der Waals surface area contributed by atoms with Crippen molar-refractivity contribution in [2.75, 3.05) is 0 Å². The van der Waals surface area contributed by atoms with Crippen LogP contribution in [-0.4, -0.2) is 5.43 Å². The molecule has 2 heterocycles. The van der Waals surface area contributed by atoms with Gasteiger partial charge in [0.2, 0.25) is 0 Å². The Morgan fingerprint density at radius 2 is 0.982 bits per heavy atom. The monoisotopic (exact) mass is 912 g/mol. The molecule has 0 saturated heterocycles. The summed E-state index contributed by atoms with van der Waals surface area (Å²) >= 11 is 8.58. The van der Waals surface area contributed by atoms with Crippen LogP contribution in [0.1, 0.15) is 88.6 Å². The Balaban J connectivity index is 1.50. The van der Waals surface area contributed by atoms with Crippen LogP contribution in [0.15, 0.2) is 93.8 Å². The summed E-state index contributed by atoms with van der Waals surface area (Å²) in [6.45, 7) is 17.3. The molecule has 56 heavy (non-hydrogen) atoms. The van der Waals surface area contributed by atoms with Gasteiger partial charge in [-0.15, -0.1) is 0 Å². The molecule has 286 valence electrons. The summed E-state index contributed by atoms with van der Waals surface area (Å²) in [7, 11) is 18.0. The first kappa shape index (κ1) is 40.0. The van der Waals surface area contributed by atoms with E-state index in [1.165, 1.54) is 11.1 Å². The van der Waals surface area contributed by atoms with Crippen molar-refractivity contribution < 1.29 is 23.8 Å². The Bertz CT molecular complexity index is 2520. The van der Waals surface area contributed by atoms with Crippen molar-refractivity contribution in [2.24, 2.45) is 0 Å². The Labute approximate surface area is 349 Å². The second-order valence-corrected chi connectivity index (χ2v) is 55.4. The van der Waals surface area contributed by atoms with E-state index >= 15 is 0 Å². The van der Waals surface area contributed by atoms with Gasteiger partial charge >= 0.3 is 352 Å². The van der Waals surface area contributed by atoms with Gasteiger partial charge < -0.3 is 0 Å². The van der Waals surface area contributed by atoms with Gasteiger partial charge in [-0.25, -0.2) is 0 Å². The van der Waals surface area contributed by atoms with Crippen LogP contribution in [-0.2, 0) is 27.9 Å². The topological polar surface area (TPSA) is 26.3 Å². The number of hydrogen-bond acceptors (Lipinski definition) is 2. The fourth-order valence-electron chi connectivity index (χ4n) is 9.28. The van der Waals surface area contributed by atoms with Gasteiger partial charge in [-0.1, -0.05) is 0 Å². The number of furan rings is 2. The number of rotatable bonds is 8. The molecule has 8 rings (SSSR count). The molecule has 2 nitrogen and oxygen atoms in total. The molecule has 0 spiro atoms. The predicted molar refractivity (Wildman–Crippen MR) is 239 cm³/mol. The molecule has 2 aromatic heterocycles. The minimum atomic E-state index is -5.48. The van der Waals surface area contributed by atoms with Crippen molar-refractivity contribution in [1.82, 2.24) is 0 Å². The van der Waals surface area contributed by atoms with Crippen molar-refractivity contribution >= 4 is 69.0 Å². The summed E-state index contributed by atoms with van der Waals surface area (Å²) in [6, 6.07) is 29.7. The zero-order valence-corrected chi connectivity index (χ0v) is 39.6. The SMILES string of the molecule is CCc1ccc2c(c1-c1ccccc1Cl)C=C(c1cc(C)c(C)o1)[CH]2[Zr]([Cl])([Cl])([CH]1C(c2cc(C)c(C)o2)=Cc2c1ccc(CC)c2-c1ccccc1Cl)=[Si](C)C. The van der Waals surface area contributed by atoms with E-state index in [1.807, 2.05) is 38.1 Å². The van der Waals surface area contributed by atoms with Crippen LogP contribution in [0.25, 0.3) is 45.6 Å². The predicted octanol–water partition coefficient (Wildman–Crippen LogP) is 16.0. The number of allylic oxidation sites excluding steroid dienone is 2. The van der Waals surface area contributed by atoms with Crippen LogP contribution in [0.2, 0.25) is 23.1 Å². The number of benzene rings is 4. The molecule has 2 aliphatic rings. The van der Waals surface area contributed by atoms with Crippen molar-refractivity contribution in [2.45, 2.75) is 74.7 Å². The molecule has 0 bridgehead atoms. The van der Waals surface area contributed by atoms with E-state index in [4.69, 9.17) is 49.1 Å². The molecule has 2 atom stereocenters. The normalized spacial score (nSPS) is 16.5. The number of hydrogen-bond donors (Lipinski definition) is 0. The number of fused-ring (bicyclic) bond motifs is 2. The Hall–Kier alpha value is -2.82. The van der Waals surface area contributed by atoms with Gasteiger partial charge in [0, 0.05) is 0 Å². The fraction of sp³-hybridized carbons (Fsp3) is 0.250. The zero-order valence-electron chi connectivity index (χ0n) is 33.1. The molecule has 0 amide bonds. The standard InChI is InChI=1S/2C23H20ClO.C2H6Si.2ClH.Zr/c2*1-4-16-9-10-17-12-18(22-11-14(2)15(3)25-22)13-20(17)23(16)19-7-5-6-8-21(19)24;1-3-2;;;/h2*5-13H,4H2,1-3H3;1-2H3;2*1H;/q;;;;;+2/p-2. The Kier molecular flexibility index (Phi) is 10.5. The van der Waals surface area contributed by atoms with E-state index in [9.17, 15) is 0 Å². The number of aryl methyl sites for hydroxylation is 6. The third-order valence-electron chi connectivity index (χ3n) is 12.5. The molecule has 0 radical (unpaired) electrons. The van der Waals surface area contributed by atoms with Crippen LogP contribution in [0.4, 0.5) is 0 Å². The van der Waals surface area contributed by atoms with E-state index in [-0.39, 0.29) is 7.25 Å². The second-order valence-electron chi connectivity index (χ2n) is 15.8. The maximum absolute atomic E-state index is 8.99. The van der Waals surface area contributed by atoms with Gasteiger partial charge in [-0.05, 0) is 0 Å². The molecule has 4 aromatic carbocycles. The summed E-state index contributed by atoms with van der Waals surface area (Å²) < 4.78 is 12.8. The summed E-state index contributed by atoms with van der Waals surface area (Å²) in [5, 5.41) is 1.43. The Morgan fingerprint density at radius 3 is 1.30 bits per heavy atom. The molecule has 0 N–H and O–H groups in total. The first-order chi connectivity index (χ1) is 26.7. The summed E-state index contributed by atoms with van der Waals surface area (Å²) in [5.41, 5.74) is 14.1. The molecule has 6 aromatic rings. The molecule has 0 saturated carbocycles. The molecule has 0 aliphatic heterocycles. The van der Waals surface area contributed by atoms with E-state index in [1.54, 1.807) is 0 Å². The van der Waals surface area contributed by atoms with Gasteiger partial charge in [0.05, 0.1) is 0 Å². The van der Waals surface area contributed by atoms with Crippen molar-refractivity contribution in [3.8, 4) is 22.3 Å². The van der Waals surface area contributed by atoms with Gasteiger partial charge in [0.15, 0.2) is 0 Å². The van der Waals surface area contributed by atoms with Crippen LogP contribution in [0, 0.1) is 27.7 Å². The van der Waals surface area contributed by atoms with E-state index in [2.05, 4.69) is 114 Å². The van der Waals surface area contributed by atoms with Gasteiger partial charge in [0.25, 0.3) is 0 Å². The molecule has 0 fully saturated rings. The van der Waals surface area contributed by atoms with E-state index in [0.717, 1.165) is 103 Å². The van der Waals surface area contributed by atoms with Crippen LogP contribution in [0.5, 0.6) is 0 Å². The molecule has 8 heteroatoms. The van der Waals surface area contributed by atoms with Crippen molar-refractivity contribution in [1.29, 1.82) is 0 Å². The average Bonchev–Trinajstić information content (AvgIpc) is 3.94. The van der Waals surface area contributed by atoms with Gasteiger partial charge in [-0.3, -0.25) is 0 Å². The van der Waals surface area contributed by atoms with Gasteiger partial charge in [-0.2, -0.15) is 0 Å². The van der Waals surface area contributed by atoms with Crippen molar-refractivity contribution in [3.63, 3.8) is 0 Å². The van der Waals surface area contributed by atoms with Crippen LogP contribution < -0.4 is 0 Å². The fourth-order valence-corrected chi connectivity index (χ4v) is 37.4. The zero-order chi connectivity index (χ0) is 39.9. The Morgan fingerprint density at radius 1 is 0.589 bits per heavy atom. The molecular weight excluding hydrogens is 870 g/mol. The van der Waals surface area contributed by atoms with Gasteiger partial charge in [0.1, 0.15) is 0 Å². The summed E-state index contributed by atoms with van der Waals surface area (Å²) in [4.78, 5) is 0. The maximum atomic E-state index is 8.99. The summed E-state index contributed by atoms with van der Waals surface area (Å²) in [6.07, 6.45) is 6.35. The number of halogens is 4. The minimum absolute atomic E-state index is 0.290. The quantitative estimate of drug-likeness (QED) is 0.142. The summed E-state index contributed by atoms with van der Waals surface area (Å²) in [5.74, 6) is 3.42.